The fraction of sp³-hybridized carbons (Fsp3) is 0.174. The molecule has 158 valence electrons. The molecule has 0 bridgehead atoms. The molecule has 0 aliphatic carbocycles. The van der Waals surface area contributed by atoms with Crippen molar-refractivity contribution in [1.29, 1.82) is 0 Å². The summed E-state index contributed by atoms with van der Waals surface area (Å²) in [5, 5.41) is 13.6. The van der Waals surface area contributed by atoms with Crippen molar-refractivity contribution in [1.82, 2.24) is 4.98 Å². The average molecular weight is 455 g/mol. The number of aliphatic hydroxyl groups excluding tert-OH is 1. The first kappa shape index (κ1) is 21.1. The van der Waals surface area contributed by atoms with Gasteiger partial charge in [0.15, 0.2) is 5.13 Å². The zero-order valence-corrected chi connectivity index (χ0v) is 18.4. The molecular formula is C23H19ClN2O4S. The molecule has 3 aromatic rings. The van der Waals surface area contributed by atoms with Crippen molar-refractivity contribution >= 4 is 45.5 Å². The van der Waals surface area contributed by atoms with Crippen molar-refractivity contribution in [2.75, 3.05) is 4.90 Å². The van der Waals surface area contributed by atoms with Crippen molar-refractivity contribution in [3.05, 3.63) is 81.8 Å². The first-order valence-corrected chi connectivity index (χ1v) is 10.9. The highest BCUT2D eigenvalue weighted by molar-refractivity contribution is 7.14. The number of thiazole rings is 1. The van der Waals surface area contributed by atoms with Crippen LogP contribution in [-0.2, 0) is 9.59 Å². The van der Waals surface area contributed by atoms with Gasteiger partial charge in [-0.1, -0.05) is 23.7 Å². The first-order valence-electron chi connectivity index (χ1n) is 9.60. The minimum Gasteiger partial charge on any atom is -0.507 e. The van der Waals surface area contributed by atoms with Crippen LogP contribution in [0.3, 0.4) is 0 Å². The number of aliphatic hydroxyl groups is 1. The molecule has 1 unspecified atom stereocenters. The van der Waals surface area contributed by atoms with E-state index in [0.29, 0.717) is 27.0 Å². The molecule has 1 amide bonds. The van der Waals surface area contributed by atoms with Gasteiger partial charge in [0.25, 0.3) is 5.78 Å². The topological polar surface area (TPSA) is 79.7 Å². The van der Waals surface area contributed by atoms with Crippen LogP contribution < -0.4 is 9.64 Å². The van der Waals surface area contributed by atoms with Crippen LogP contribution in [0.5, 0.6) is 5.75 Å². The third kappa shape index (κ3) is 4.06. The number of hydrogen-bond donors (Lipinski definition) is 1. The minimum atomic E-state index is -0.851. The number of nitrogens with zero attached hydrogens (tertiary/aromatic N) is 2. The lowest BCUT2D eigenvalue weighted by Gasteiger charge is -2.23. The minimum absolute atomic E-state index is 0.00546. The predicted molar refractivity (Wildman–Crippen MR) is 121 cm³/mol. The molecular weight excluding hydrogens is 436 g/mol. The Hall–Kier alpha value is -3.16. The number of aromatic nitrogens is 1. The molecule has 1 N–H and O–H groups in total. The second-order valence-corrected chi connectivity index (χ2v) is 8.54. The Morgan fingerprint density at radius 2 is 1.94 bits per heavy atom. The molecule has 8 heteroatoms. The molecule has 2 aromatic carbocycles. The standard InChI is InChI=1S/C23H19ClN2O4S/c1-13(2)30-17-8-6-14(7-9-17)20(27)18-19(15-4-3-5-16(24)12-15)26(22(29)21(18)28)23-25-10-11-31-23/h3-13,19,27H,1-2H3/b20-18+. The molecule has 0 saturated carbocycles. The maximum atomic E-state index is 13.0. The van der Waals surface area contributed by atoms with Crippen LogP contribution in [0.1, 0.15) is 31.0 Å². The number of hydrogen-bond acceptors (Lipinski definition) is 6. The van der Waals surface area contributed by atoms with E-state index < -0.39 is 17.7 Å². The lowest BCUT2D eigenvalue weighted by Crippen LogP contribution is -2.29. The number of ketones is 1. The van der Waals surface area contributed by atoms with Crippen LogP contribution in [0.25, 0.3) is 5.76 Å². The molecule has 4 rings (SSSR count). The number of benzene rings is 2. The van der Waals surface area contributed by atoms with Crippen molar-refractivity contribution in [2.45, 2.75) is 26.0 Å². The smallest absolute Gasteiger partial charge is 0.301 e. The summed E-state index contributed by atoms with van der Waals surface area (Å²) in [5.41, 5.74) is 0.989. The largest absolute Gasteiger partial charge is 0.507 e. The Balaban J connectivity index is 1.85. The average Bonchev–Trinajstić information content (AvgIpc) is 3.35. The van der Waals surface area contributed by atoms with E-state index in [4.69, 9.17) is 16.3 Å². The van der Waals surface area contributed by atoms with Gasteiger partial charge < -0.3 is 9.84 Å². The molecule has 0 radical (unpaired) electrons. The van der Waals surface area contributed by atoms with Gasteiger partial charge in [-0.2, -0.15) is 0 Å². The van der Waals surface area contributed by atoms with Crippen molar-refractivity contribution in [3.8, 4) is 5.75 Å². The summed E-state index contributed by atoms with van der Waals surface area (Å²) < 4.78 is 5.63. The van der Waals surface area contributed by atoms with Crippen LogP contribution in [0.4, 0.5) is 5.13 Å². The van der Waals surface area contributed by atoms with Gasteiger partial charge in [0.05, 0.1) is 17.7 Å². The van der Waals surface area contributed by atoms with Gasteiger partial charge in [0, 0.05) is 22.2 Å². The summed E-state index contributed by atoms with van der Waals surface area (Å²) in [6.07, 6.45) is 1.56. The van der Waals surface area contributed by atoms with E-state index in [1.807, 2.05) is 13.8 Å². The van der Waals surface area contributed by atoms with Crippen molar-refractivity contribution in [3.63, 3.8) is 0 Å². The molecule has 1 saturated heterocycles. The Labute approximate surface area is 188 Å². The van der Waals surface area contributed by atoms with Gasteiger partial charge in [-0.15, -0.1) is 11.3 Å². The van der Waals surface area contributed by atoms with Gasteiger partial charge in [-0.3, -0.25) is 14.5 Å². The van der Waals surface area contributed by atoms with Gasteiger partial charge in [-0.25, -0.2) is 4.98 Å². The summed E-state index contributed by atoms with van der Waals surface area (Å²) in [7, 11) is 0. The van der Waals surface area contributed by atoms with Crippen LogP contribution in [0, 0.1) is 0 Å². The third-order valence-electron chi connectivity index (χ3n) is 4.73. The van der Waals surface area contributed by atoms with Gasteiger partial charge >= 0.3 is 5.91 Å². The highest BCUT2D eigenvalue weighted by atomic mass is 35.5. The zero-order chi connectivity index (χ0) is 22.1. The number of carbonyl (C=O) groups excluding carboxylic acids is 2. The van der Waals surface area contributed by atoms with E-state index in [2.05, 4.69) is 4.98 Å². The summed E-state index contributed by atoms with van der Waals surface area (Å²) >= 11 is 7.41. The summed E-state index contributed by atoms with van der Waals surface area (Å²) in [5.74, 6) is -1.15. The van der Waals surface area contributed by atoms with Crippen molar-refractivity contribution in [2.24, 2.45) is 0 Å². The molecule has 1 aromatic heterocycles. The normalized spacial score (nSPS) is 18.1. The van der Waals surface area contributed by atoms with E-state index in [0.717, 1.165) is 0 Å². The number of halogens is 1. The fourth-order valence-corrected chi connectivity index (χ4v) is 4.34. The highest BCUT2D eigenvalue weighted by Gasteiger charge is 2.48. The lowest BCUT2D eigenvalue weighted by atomic mass is 9.95. The van der Waals surface area contributed by atoms with Gasteiger partial charge in [0.1, 0.15) is 11.5 Å². The quantitative estimate of drug-likeness (QED) is 0.325. The Bertz CT molecular complexity index is 1160. The summed E-state index contributed by atoms with van der Waals surface area (Å²) in [6.45, 7) is 3.83. The zero-order valence-electron chi connectivity index (χ0n) is 16.8. The number of amides is 1. The molecule has 1 aliphatic rings. The molecule has 2 heterocycles. The highest BCUT2D eigenvalue weighted by Crippen LogP contribution is 2.43. The van der Waals surface area contributed by atoms with E-state index >= 15 is 0 Å². The van der Waals surface area contributed by atoms with Crippen LogP contribution in [-0.4, -0.2) is 27.9 Å². The van der Waals surface area contributed by atoms with E-state index in [1.165, 1.54) is 16.2 Å². The van der Waals surface area contributed by atoms with Crippen molar-refractivity contribution < 1.29 is 19.4 Å². The maximum absolute atomic E-state index is 13.0. The molecule has 31 heavy (non-hydrogen) atoms. The van der Waals surface area contributed by atoms with Crippen LogP contribution in [0.2, 0.25) is 5.02 Å². The predicted octanol–water partition coefficient (Wildman–Crippen LogP) is 5.21. The monoisotopic (exact) mass is 454 g/mol. The molecule has 1 fully saturated rings. The second-order valence-electron chi connectivity index (χ2n) is 7.23. The van der Waals surface area contributed by atoms with E-state index in [1.54, 1.807) is 60.1 Å². The van der Waals surface area contributed by atoms with Gasteiger partial charge in [-0.05, 0) is 55.8 Å². The number of carbonyl (C=O) groups is 2. The third-order valence-corrected chi connectivity index (χ3v) is 5.74. The summed E-state index contributed by atoms with van der Waals surface area (Å²) in [6, 6.07) is 12.7. The van der Waals surface area contributed by atoms with Crippen LogP contribution in [0.15, 0.2) is 65.7 Å². The maximum Gasteiger partial charge on any atom is 0.301 e. The molecule has 1 aliphatic heterocycles. The van der Waals surface area contributed by atoms with Crippen LogP contribution >= 0.6 is 22.9 Å². The number of anilines is 1. The SMILES string of the molecule is CC(C)Oc1ccc(/C(O)=C2\C(=O)C(=O)N(c3nccs3)C2c2cccc(Cl)c2)cc1. The molecule has 1 atom stereocenters. The Kier molecular flexibility index (Phi) is 5.80. The Morgan fingerprint density at radius 3 is 2.55 bits per heavy atom. The number of Topliss-reactive ketones (excluding diaryl/α,β-unsaturated/α-hetero) is 1. The fourth-order valence-electron chi connectivity index (χ4n) is 3.48. The molecule has 0 spiro atoms. The van der Waals surface area contributed by atoms with E-state index in [9.17, 15) is 14.7 Å². The number of rotatable bonds is 5. The lowest BCUT2D eigenvalue weighted by molar-refractivity contribution is -0.132. The molecule has 6 nitrogen and oxygen atoms in total. The first-order chi connectivity index (χ1) is 14.9. The van der Waals surface area contributed by atoms with Gasteiger partial charge in [0.2, 0.25) is 0 Å². The Morgan fingerprint density at radius 1 is 1.19 bits per heavy atom. The second kappa shape index (κ2) is 8.53. The summed E-state index contributed by atoms with van der Waals surface area (Å²) in [4.78, 5) is 31.5. The number of ether oxygens (including phenoxy) is 1. The van der Waals surface area contributed by atoms with E-state index in [-0.39, 0.29) is 17.4 Å².